The maximum absolute atomic E-state index is 11.3. The minimum atomic E-state index is -0.424. The van der Waals surface area contributed by atoms with Gasteiger partial charge in [0.2, 0.25) is 0 Å². The minimum Gasteiger partial charge on any atom is -0.365 e. The van der Waals surface area contributed by atoms with Crippen LogP contribution in [0.15, 0.2) is 17.4 Å². The van der Waals surface area contributed by atoms with E-state index in [1.807, 2.05) is 0 Å². The Kier molecular flexibility index (Phi) is 3.02. The molecule has 0 aliphatic carbocycles. The second kappa shape index (κ2) is 4.23. The van der Waals surface area contributed by atoms with E-state index in [9.17, 15) is 4.79 Å². The van der Waals surface area contributed by atoms with Gasteiger partial charge in [-0.2, -0.15) is 5.26 Å². The van der Waals surface area contributed by atoms with Crippen LogP contribution in [0.1, 0.15) is 11.4 Å². The first kappa shape index (κ1) is 9.99. The molecule has 0 radical (unpaired) electrons. The Hall–Kier alpha value is -2.09. The van der Waals surface area contributed by atoms with E-state index >= 15 is 0 Å². The van der Waals surface area contributed by atoms with E-state index in [0.717, 1.165) is 0 Å². The van der Waals surface area contributed by atoms with Gasteiger partial charge >= 0.3 is 0 Å². The average Bonchev–Trinajstić information content (AvgIpc) is 2.14. The van der Waals surface area contributed by atoms with Gasteiger partial charge in [-0.25, -0.2) is 4.98 Å². The number of aryl methyl sites for hydroxylation is 1. The molecule has 0 aromatic carbocycles. The predicted molar refractivity (Wildman–Crippen MR) is 53.0 cm³/mol. The first-order valence-corrected chi connectivity index (χ1v) is 4.04. The van der Waals surface area contributed by atoms with Gasteiger partial charge in [0, 0.05) is 6.54 Å². The number of nitrogens with one attached hydrogen (secondary N) is 2. The van der Waals surface area contributed by atoms with E-state index in [1.54, 1.807) is 19.1 Å². The van der Waals surface area contributed by atoms with Crippen LogP contribution in [0.5, 0.6) is 0 Å². The number of aromatic amines is 1. The molecule has 5 nitrogen and oxygen atoms in total. The van der Waals surface area contributed by atoms with Crippen LogP contribution in [0.3, 0.4) is 0 Å². The van der Waals surface area contributed by atoms with E-state index in [0.29, 0.717) is 18.2 Å². The van der Waals surface area contributed by atoms with Crippen LogP contribution in [0.2, 0.25) is 0 Å². The van der Waals surface area contributed by atoms with Crippen molar-refractivity contribution in [2.45, 2.75) is 6.92 Å². The molecule has 0 bridgehead atoms. The van der Waals surface area contributed by atoms with E-state index < -0.39 is 5.56 Å². The third-order valence-electron chi connectivity index (χ3n) is 1.56. The van der Waals surface area contributed by atoms with E-state index in [4.69, 9.17) is 5.26 Å². The molecule has 0 aliphatic heterocycles. The van der Waals surface area contributed by atoms with Crippen LogP contribution in [0.25, 0.3) is 0 Å². The Bertz CT molecular complexity index is 441. The molecule has 0 saturated heterocycles. The Morgan fingerprint density at radius 1 is 1.79 bits per heavy atom. The number of nitriles is 1. The van der Waals surface area contributed by atoms with E-state index in [2.05, 4.69) is 21.9 Å². The second-order valence-electron chi connectivity index (χ2n) is 2.66. The standard InChI is InChI=1S/C9H10N4O/c1-3-4-11-8-7(5-10)9(14)13-6(2)12-8/h3H,1,4H2,2H3,(H2,11,12,13,14). The van der Waals surface area contributed by atoms with Gasteiger partial charge in [0.1, 0.15) is 11.9 Å². The topological polar surface area (TPSA) is 81.6 Å². The van der Waals surface area contributed by atoms with Gasteiger partial charge in [-0.1, -0.05) is 6.08 Å². The van der Waals surface area contributed by atoms with Gasteiger partial charge in [-0.15, -0.1) is 6.58 Å². The summed E-state index contributed by atoms with van der Waals surface area (Å²) in [5.74, 6) is 0.772. The average molecular weight is 190 g/mol. The highest BCUT2D eigenvalue weighted by Gasteiger charge is 2.07. The second-order valence-corrected chi connectivity index (χ2v) is 2.66. The lowest BCUT2D eigenvalue weighted by Crippen LogP contribution is -2.17. The van der Waals surface area contributed by atoms with Crippen molar-refractivity contribution >= 4 is 5.82 Å². The quantitative estimate of drug-likeness (QED) is 0.682. The van der Waals surface area contributed by atoms with Crippen LogP contribution in [-0.4, -0.2) is 16.5 Å². The van der Waals surface area contributed by atoms with Crippen molar-refractivity contribution in [1.29, 1.82) is 5.26 Å². The molecule has 0 aliphatic rings. The Labute approximate surface area is 81.1 Å². The molecule has 1 aromatic heterocycles. The number of hydrogen-bond donors (Lipinski definition) is 2. The number of hydrogen-bond acceptors (Lipinski definition) is 4. The summed E-state index contributed by atoms with van der Waals surface area (Å²) in [6, 6.07) is 1.80. The first-order chi connectivity index (χ1) is 6.69. The maximum Gasteiger partial charge on any atom is 0.271 e. The summed E-state index contributed by atoms with van der Waals surface area (Å²) in [6.07, 6.45) is 1.62. The zero-order valence-corrected chi connectivity index (χ0v) is 7.79. The van der Waals surface area contributed by atoms with Crippen LogP contribution < -0.4 is 10.9 Å². The molecule has 1 heterocycles. The lowest BCUT2D eigenvalue weighted by atomic mass is 10.3. The molecule has 1 rings (SSSR count). The smallest absolute Gasteiger partial charge is 0.271 e. The van der Waals surface area contributed by atoms with Crippen molar-refractivity contribution in [2.24, 2.45) is 0 Å². The zero-order valence-electron chi connectivity index (χ0n) is 7.79. The lowest BCUT2D eigenvalue weighted by Gasteiger charge is -2.04. The summed E-state index contributed by atoms with van der Waals surface area (Å²) in [5, 5.41) is 11.5. The van der Waals surface area contributed by atoms with Crippen LogP contribution in [0, 0.1) is 18.3 Å². The molecule has 0 saturated carbocycles. The van der Waals surface area contributed by atoms with Gasteiger partial charge in [-0.3, -0.25) is 4.79 Å². The molecular weight excluding hydrogens is 180 g/mol. The normalized spacial score (nSPS) is 9.14. The van der Waals surface area contributed by atoms with Crippen molar-refractivity contribution in [2.75, 3.05) is 11.9 Å². The van der Waals surface area contributed by atoms with Crippen LogP contribution in [0.4, 0.5) is 5.82 Å². The summed E-state index contributed by atoms with van der Waals surface area (Å²) >= 11 is 0. The highest BCUT2D eigenvalue weighted by Crippen LogP contribution is 2.05. The Morgan fingerprint density at radius 2 is 2.50 bits per heavy atom. The molecule has 0 atom stereocenters. The van der Waals surface area contributed by atoms with Gasteiger partial charge in [0.25, 0.3) is 5.56 Å². The fraction of sp³-hybridized carbons (Fsp3) is 0.222. The largest absolute Gasteiger partial charge is 0.365 e. The number of aromatic nitrogens is 2. The molecule has 1 aromatic rings. The fourth-order valence-corrected chi connectivity index (χ4v) is 0.986. The Morgan fingerprint density at radius 3 is 3.07 bits per heavy atom. The number of H-pyrrole nitrogens is 1. The van der Waals surface area contributed by atoms with Crippen molar-refractivity contribution in [3.63, 3.8) is 0 Å². The summed E-state index contributed by atoms with van der Waals surface area (Å²) in [4.78, 5) is 17.7. The molecule has 72 valence electrons. The van der Waals surface area contributed by atoms with Gasteiger partial charge in [-0.05, 0) is 6.92 Å². The van der Waals surface area contributed by atoms with Gasteiger partial charge in [0.05, 0.1) is 0 Å². The van der Waals surface area contributed by atoms with Crippen LogP contribution in [-0.2, 0) is 0 Å². The molecular formula is C9H10N4O. The third-order valence-corrected chi connectivity index (χ3v) is 1.56. The predicted octanol–water partition coefficient (Wildman–Crippen LogP) is 0.548. The minimum absolute atomic E-state index is 0.00236. The highest BCUT2D eigenvalue weighted by atomic mass is 16.1. The highest BCUT2D eigenvalue weighted by molar-refractivity contribution is 5.50. The molecule has 2 N–H and O–H groups in total. The molecule has 0 fully saturated rings. The number of rotatable bonds is 3. The summed E-state index contributed by atoms with van der Waals surface area (Å²) in [6.45, 7) is 5.63. The fourth-order valence-electron chi connectivity index (χ4n) is 0.986. The molecule has 0 amide bonds. The third kappa shape index (κ3) is 1.98. The van der Waals surface area contributed by atoms with E-state index in [-0.39, 0.29) is 5.56 Å². The number of anilines is 1. The van der Waals surface area contributed by atoms with E-state index in [1.165, 1.54) is 0 Å². The Balaban J connectivity index is 3.20. The summed E-state index contributed by atoms with van der Waals surface area (Å²) < 4.78 is 0. The molecule has 0 unspecified atom stereocenters. The molecule has 5 heteroatoms. The van der Waals surface area contributed by atoms with Crippen molar-refractivity contribution in [3.8, 4) is 6.07 Å². The monoisotopic (exact) mass is 190 g/mol. The van der Waals surface area contributed by atoms with Crippen molar-refractivity contribution in [1.82, 2.24) is 9.97 Å². The van der Waals surface area contributed by atoms with Crippen molar-refractivity contribution < 1.29 is 0 Å². The maximum atomic E-state index is 11.3. The summed E-state index contributed by atoms with van der Waals surface area (Å²) in [5.41, 5.74) is -0.427. The van der Waals surface area contributed by atoms with Gasteiger partial charge in [0.15, 0.2) is 11.4 Å². The summed E-state index contributed by atoms with van der Waals surface area (Å²) in [7, 11) is 0. The lowest BCUT2D eigenvalue weighted by molar-refractivity contribution is 1.00. The molecule has 14 heavy (non-hydrogen) atoms. The molecule has 0 spiro atoms. The SMILES string of the molecule is C=CCNc1nc(C)[nH]c(=O)c1C#N. The first-order valence-electron chi connectivity index (χ1n) is 4.04. The van der Waals surface area contributed by atoms with Gasteiger partial charge < -0.3 is 10.3 Å². The zero-order chi connectivity index (χ0) is 10.6. The number of nitrogens with zero attached hydrogens (tertiary/aromatic N) is 2. The van der Waals surface area contributed by atoms with Crippen LogP contribution >= 0.6 is 0 Å². The van der Waals surface area contributed by atoms with Crippen molar-refractivity contribution in [3.05, 3.63) is 34.4 Å².